The molecule has 1 aromatic carbocycles. The molecule has 1 aliphatic rings. The minimum absolute atomic E-state index is 0.0182. The third kappa shape index (κ3) is 5.18. The second kappa shape index (κ2) is 9.65. The van der Waals surface area contributed by atoms with Crippen molar-refractivity contribution in [3.05, 3.63) is 47.7 Å². The van der Waals surface area contributed by atoms with Crippen LogP contribution in [0.1, 0.15) is 35.8 Å². The molecule has 0 unspecified atom stereocenters. The fourth-order valence-corrected chi connectivity index (χ4v) is 5.06. The van der Waals surface area contributed by atoms with Crippen LogP contribution in [-0.2, 0) is 15.6 Å². The molecule has 1 atom stereocenters. The van der Waals surface area contributed by atoms with Crippen molar-refractivity contribution in [3.8, 4) is 5.88 Å². The SMILES string of the molecule is CCC[C@@]1(c2cc(NC(=O)c3cnc(OCCF)cn3)ccc2F)CS(=O)(=O)N(C)C(=N)N1. The number of carbonyl (C=O) groups is 1. The molecule has 0 saturated carbocycles. The zero-order valence-corrected chi connectivity index (χ0v) is 18.9. The molecule has 0 radical (unpaired) electrons. The Kier molecular flexibility index (Phi) is 7.10. The molecule has 3 N–H and O–H groups in total. The molecule has 0 bridgehead atoms. The van der Waals surface area contributed by atoms with E-state index in [4.69, 9.17) is 10.1 Å². The van der Waals surface area contributed by atoms with Crippen LogP contribution in [0.5, 0.6) is 5.88 Å². The highest BCUT2D eigenvalue weighted by molar-refractivity contribution is 7.89. The second-order valence-corrected chi connectivity index (χ2v) is 9.46. The largest absolute Gasteiger partial charge is 0.474 e. The van der Waals surface area contributed by atoms with Crippen LogP contribution in [0.4, 0.5) is 14.5 Å². The van der Waals surface area contributed by atoms with Gasteiger partial charge in [-0.2, -0.15) is 0 Å². The number of carbonyl (C=O) groups excluding carboxylic acids is 1. The number of alkyl halides is 1. The number of sulfonamides is 1. The van der Waals surface area contributed by atoms with Gasteiger partial charge in [-0.15, -0.1) is 0 Å². The van der Waals surface area contributed by atoms with Crippen molar-refractivity contribution < 1.29 is 26.7 Å². The summed E-state index contributed by atoms with van der Waals surface area (Å²) in [5, 5.41) is 13.5. The number of hydrogen-bond donors (Lipinski definition) is 3. The monoisotopic (exact) mass is 482 g/mol. The first-order valence-electron chi connectivity index (χ1n) is 10.1. The van der Waals surface area contributed by atoms with Gasteiger partial charge >= 0.3 is 0 Å². The van der Waals surface area contributed by atoms with Crippen LogP contribution in [0.2, 0.25) is 0 Å². The number of hydrogen-bond acceptors (Lipinski definition) is 7. The highest BCUT2D eigenvalue weighted by Gasteiger charge is 2.46. The Balaban J connectivity index is 1.89. The van der Waals surface area contributed by atoms with E-state index >= 15 is 0 Å². The fraction of sp³-hybridized carbons (Fsp3) is 0.400. The molecule has 1 aliphatic heterocycles. The molecule has 2 aromatic rings. The Morgan fingerprint density at radius 2 is 2.12 bits per heavy atom. The molecule has 1 saturated heterocycles. The summed E-state index contributed by atoms with van der Waals surface area (Å²) in [6.07, 6.45) is 3.08. The smallest absolute Gasteiger partial charge is 0.275 e. The van der Waals surface area contributed by atoms with Gasteiger partial charge in [-0.25, -0.2) is 31.5 Å². The van der Waals surface area contributed by atoms with E-state index in [2.05, 4.69) is 20.6 Å². The quantitative estimate of drug-likeness (QED) is 0.523. The fourth-order valence-electron chi connectivity index (χ4n) is 3.55. The van der Waals surface area contributed by atoms with Crippen molar-refractivity contribution >= 4 is 27.6 Å². The van der Waals surface area contributed by atoms with Gasteiger partial charge in [-0.05, 0) is 24.6 Å². The summed E-state index contributed by atoms with van der Waals surface area (Å²) in [6, 6.07) is 3.80. The normalized spacial score (nSPS) is 19.6. The number of nitrogens with zero attached hydrogens (tertiary/aromatic N) is 3. The van der Waals surface area contributed by atoms with Gasteiger partial charge < -0.3 is 15.4 Å². The first-order chi connectivity index (χ1) is 15.6. The number of aromatic nitrogens is 2. The minimum atomic E-state index is -3.86. The van der Waals surface area contributed by atoms with Gasteiger partial charge in [0.1, 0.15) is 24.8 Å². The second-order valence-electron chi connectivity index (χ2n) is 7.46. The van der Waals surface area contributed by atoms with E-state index in [1.807, 2.05) is 6.92 Å². The zero-order valence-electron chi connectivity index (χ0n) is 18.1. The van der Waals surface area contributed by atoms with E-state index in [0.717, 1.165) is 16.6 Å². The molecular weight excluding hydrogens is 458 g/mol. The van der Waals surface area contributed by atoms with Crippen molar-refractivity contribution in [1.82, 2.24) is 19.6 Å². The van der Waals surface area contributed by atoms with Crippen molar-refractivity contribution in [3.63, 3.8) is 0 Å². The molecule has 33 heavy (non-hydrogen) atoms. The summed E-state index contributed by atoms with van der Waals surface area (Å²) in [7, 11) is -2.60. The van der Waals surface area contributed by atoms with Gasteiger partial charge in [-0.1, -0.05) is 13.3 Å². The summed E-state index contributed by atoms with van der Waals surface area (Å²) < 4.78 is 58.1. The van der Waals surface area contributed by atoms with Gasteiger partial charge in [-0.3, -0.25) is 10.2 Å². The lowest BCUT2D eigenvalue weighted by atomic mass is 9.86. The van der Waals surface area contributed by atoms with Gasteiger partial charge in [0.15, 0.2) is 0 Å². The number of ether oxygens (including phenoxy) is 1. The number of anilines is 1. The molecule has 1 fully saturated rings. The van der Waals surface area contributed by atoms with Crippen LogP contribution >= 0.6 is 0 Å². The Hall–Kier alpha value is -3.35. The number of amides is 1. The number of halogens is 2. The first-order valence-corrected chi connectivity index (χ1v) is 11.7. The lowest BCUT2D eigenvalue weighted by molar-refractivity contribution is 0.102. The van der Waals surface area contributed by atoms with E-state index in [0.29, 0.717) is 6.42 Å². The van der Waals surface area contributed by atoms with E-state index in [9.17, 15) is 22.0 Å². The molecule has 2 heterocycles. The molecule has 3 rings (SSSR count). The molecular formula is C20H24F2N6O4S. The third-order valence-corrected chi connectivity index (χ3v) is 7.00. The Morgan fingerprint density at radius 3 is 2.73 bits per heavy atom. The van der Waals surface area contributed by atoms with Crippen LogP contribution in [0.3, 0.4) is 0 Å². The first kappa shape index (κ1) is 24.3. The van der Waals surface area contributed by atoms with E-state index < -0.39 is 39.7 Å². The predicted octanol–water partition coefficient (Wildman–Crippen LogP) is 2.01. The maximum Gasteiger partial charge on any atom is 0.275 e. The average Bonchev–Trinajstić information content (AvgIpc) is 2.77. The highest BCUT2D eigenvalue weighted by atomic mass is 32.2. The number of nitrogens with one attached hydrogen (secondary N) is 3. The van der Waals surface area contributed by atoms with Gasteiger partial charge in [0, 0.05) is 18.3 Å². The Morgan fingerprint density at radius 1 is 1.36 bits per heavy atom. The average molecular weight is 483 g/mol. The summed E-state index contributed by atoms with van der Waals surface area (Å²) in [4.78, 5) is 20.3. The van der Waals surface area contributed by atoms with E-state index in [1.54, 1.807) is 0 Å². The van der Waals surface area contributed by atoms with Gasteiger partial charge in [0.25, 0.3) is 5.91 Å². The molecule has 0 spiro atoms. The van der Waals surface area contributed by atoms with Crippen molar-refractivity contribution in [1.29, 1.82) is 5.41 Å². The topological polar surface area (TPSA) is 137 Å². The maximum atomic E-state index is 14.9. The predicted molar refractivity (Wildman–Crippen MR) is 117 cm³/mol. The van der Waals surface area contributed by atoms with Crippen LogP contribution in [0.25, 0.3) is 0 Å². The Labute approximate surface area is 189 Å². The minimum Gasteiger partial charge on any atom is -0.474 e. The maximum absolute atomic E-state index is 14.9. The molecule has 13 heteroatoms. The zero-order chi connectivity index (χ0) is 24.2. The van der Waals surface area contributed by atoms with Crippen molar-refractivity contribution in [2.24, 2.45) is 0 Å². The number of guanidine groups is 1. The van der Waals surface area contributed by atoms with Crippen molar-refractivity contribution in [2.75, 3.05) is 31.4 Å². The van der Waals surface area contributed by atoms with Gasteiger partial charge in [0.2, 0.25) is 21.9 Å². The summed E-state index contributed by atoms with van der Waals surface area (Å²) >= 11 is 0. The van der Waals surface area contributed by atoms with E-state index in [-0.39, 0.29) is 41.8 Å². The molecule has 1 amide bonds. The highest BCUT2D eigenvalue weighted by Crippen LogP contribution is 2.35. The van der Waals surface area contributed by atoms with Crippen LogP contribution in [0.15, 0.2) is 30.6 Å². The molecule has 1 aromatic heterocycles. The van der Waals surface area contributed by atoms with Crippen LogP contribution in [-0.4, -0.2) is 60.6 Å². The summed E-state index contributed by atoms with van der Waals surface area (Å²) in [5.74, 6) is -2.07. The standard InChI is InChI=1S/C20H24F2N6O4S/c1-3-6-20(12-33(30,31)28(2)19(23)27-20)14-9-13(4-5-15(14)22)26-18(29)16-10-25-17(11-24-16)32-8-7-21/h4-5,9-11H,3,6-8,12H2,1-2H3,(H2,23,27)(H,26,29)/t20-/m0/s1. The number of rotatable bonds is 8. The number of benzene rings is 1. The lowest BCUT2D eigenvalue weighted by Crippen LogP contribution is -2.62. The van der Waals surface area contributed by atoms with Crippen molar-refractivity contribution in [2.45, 2.75) is 25.3 Å². The summed E-state index contributed by atoms with van der Waals surface area (Å²) in [6.45, 7) is 0.943. The lowest BCUT2D eigenvalue weighted by Gasteiger charge is -2.42. The van der Waals surface area contributed by atoms with Crippen LogP contribution in [0, 0.1) is 11.2 Å². The molecule has 178 valence electrons. The van der Waals surface area contributed by atoms with E-state index in [1.165, 1.54) is 25.4 Å². The Bertz CT molecular complexity index is 1150. The molecule has 0 aliphatic carbocycles. The third-order valence-electron chi connectivity index (χ3n) is 5.12. The summed E-state index contributed by atoms with van der Waals surface area (Å²) in [5.41, 5.74) is -1.21. The van der Waals surface area contributed by atoms with Crippen LogP contribution < -0.4 is 15.4 Å². The van der Waals surface area contributed by atoms with Gasteiger partial charge in [0.05, 0.1) is 23.7 Å². The molecule has 10 nitrogen and oxygen atoms in total.